The Kier molecular flexibility index (Phi) is 3.40. The summed E-state index contributed by atoms with van der Waals surface area (Å²) in [4.78, 5) is 10.5. The molecule has 0 aromatic heterocycles. The van der Waals surface area contributed by atoms with Crippen molar-refractivity contribution in [3.63, 3.8) is 0 Å². The van der Waals surface area contributed by atoms with Gasteiger partial charge in [-0.1, -0.05) is 12.1 Å². The number of hydrogen-bond acceptors (Lipinski definition) is 5. The molecule has 0 amide bonds. The Morgan fingerprint density at radius 3 is 2.84 bits per heavy atom. The number of ether oxygens (including phenoxy) is 1. The molecule has 19 heavy (non-hydrogen) atoms. The molecule has 1 aromatic carbocycles. The lowest BCUT2D eigenvalue weighted by atomic mass is 9.98. The van der Waals surface area contributed by atoms with Crippen LogP contribution in [-0.4, -0.2) is 17.1 Å². The van der Waals surface area contributed by atoms with Crippen LogP contribution in [0.3, 0.4) is 0 Å². The summed E-state index contributed by atoms with van der Waals surface area (Å²) in [6.45, 7) is 1.62. The van der Waals surface area contributed by atoms with Crippen molar-refractivity contribution < 1.29 is 9.66 Å². The van der Waals surface area contributed by atoms with Gasteiger partial charge in [0.05, 0.1) is 11.0 Å². The minimum Gasteiger partial charge on any atom is -0.484 e. The molecule has 1 atom stereocenters. The molecule has 0 radical (unpaired) electrons. The number of benzene rings is 1. The van der Waals surface area contributed by atoms with Crippen LogP contribution in [0.25, 0.3) is 0 Å². The van der Waals surface area contributed by atoms with E-state index in [1.165, 1.54) is 6.07 Å². The first-order valence-electron chi connectivity index (χ1n) is 6.05. The topological polar surface area (TPSA) is 102 Å². The van der Waals surface area contributed by atoms with E-state index in [4.69, 9.17) is 15.7 Å². The lowest BCUT2D eigenvalue weighted by Crippen LogP contribution is -2.46. The Bertz CT molecular complexity index is 549. The number of nitrogens with zero attached hydrogens (tertiary/aromatic N) is 2. The molecule has 2 N–H and O–H groups in total. The summed E-state index contributed by atoms with van der Waals surface area (Å²) in [5.74, 6) is 0.289. The van der Waals surface area contributed by atoms with Gasteiger partial charge in [-0.3, -0.25) is 10.1 Å². The SMILES string of the molecule is Cc1cccc(OCC(N)(C#N)C2CC2)c1[N+](=O)[O-]. The molecule has 1 saturated carbocycles. The van der Waals surface area contributed by atoms with E-state index < -0.39 is 10.5 Å². The van der Waals surface area contributed by atoms with Gasteiger partial charge in [-0.25, -0.2) is 0 Å². The predicted octanol–water partition coefficient (Wildman–Crippen LogP) is 1.91. The van der Waals surface area contributed by atoms with E-state index in [0.29, 0.717) is 5.56 Å². The summed E-state index contributed by atoms with van der Waals surface area (Å²) in [6, 6.07) is 6.91. The smallest absolute Gasteiger partial charge is 0.313 e. The van der Waals surface area contributed by atoms with Crippen molar-refractivity contribution in [2.45, 2.75) is 25.3 Å². The third kappa shape index (κ3) is 2.66. The first-order valence-corrected chi connectivity index (χ1v) is 6.05. The average Bonchev–Trinajstić information content (AvgIpc) is 3.20. The molecule has 1 aliphatic carbocycles. The van der Waals surface area contributed by atoms with Gasteiger partial charge in [0.1, 0.15) is 12.1 Å². The van der Waals surface area contributed by atoms with Gasteiger partial charge in [-0.15, -0.1) is 0 Å². The van der Waals surface area contributed by atoms with Gasteiger partial charge in [0.25, 0.3) is 0 Å². The molecular formula is C13H15N3O3. The van der Waals surface area contributed by atoms with E-state index in [0.717, 1.165) is 12.8 Å². The number of aryl methyl sites for hydroxylation is 1. The molecule has 100 valence electrons. The van der Waals surface area contributed by atoms with Gasteiger partial charge in [0.15, 0.2) is 5.75 Å². The first-order chi connectivity index (χ1) is 8.98. The number of nitriles is 1. The maximum Gasteiger partial charge on any atom is 0.313 e. The Balaban J connectivity index is 2.18. The lowest BCUT2D eigenvalue weighted by Gasteiger charge is -2.21. The molecular weight excluding hydrogens is 246 g/mol. The number of nitro benzene ring substituents is 1. The van der Waals surface area contributed by atoms with Crippen molar-refractivity contribution in [2.75, 3.05) is 6.61 Å². The van der Waals surface area contributed by atoms with Crippen molar-refractivity contribution in [3.05, 3.63) is 33.9 Å². The highest BCUT2D eigenvalue weighted by atomic mass is 16.6. The van der Waals surface area contributed by atoms with Crippen LogP contribution >= 0.6 is 0 Å². The third-order valence-electron chi connectivity index (χ3n) is 3.36. The lowest BCUT2D eigenvalue weighted by molar-refractivity contribution is -0.386. The van der Waals surface area contributed by atoms with Gasteiger partial charge >= 0.3 is 5.69 Å². The summed E-state index contributed by atoms with van der Waals surface area (Å²) in [5.41, 5.74) is 5.35. The van der Waals surface area contributed by atoms with Crippen molar-refractivity contribution >= 4 is 5.69 Å². The summed E-state index contributed by atoms with van der Waals surface area (Å²) < 4.78 is 5.45. The molecule has 1 fully saturated rings. The van der Waals surface area contributed by atoms with Crippen LogP contribution in [-0.2, 0) is 0 Å². The van der Waals surface area contributed by atoms with Crippen LogP contribution in [0.2, 0.25) is 0 Å². The monoisotopic (exact) mass is 261 g/mol. The second-order valence-electron chi connectivity index (χ2n) is 4.89. The second-order valence-corrected chi connectivity index (χ2v) is 4.89. The molecule has 1 aromatic rings. The maximum atomic E-state index is 11.0. The average molecular weight is 261 g/mol. The fourth-order valence-corrected chi connectivity index (χ4v) is 2.02. The van der Waals surface area contributed by atoms with Crippen LogP contribution in [0, 0.1) is 34.3 Å². The van der Waals surface area contributed by atoms with Gasteiger partial charge in [-0.05, 0) is 31.7 Å². The van der Waals surface area contributed by atoms with Crippen molar-refractivity contribution in [1.82, 2.24) is 0 Å². The Labute approximate surface area is 110 Å². The fourth-order valence-electron chi connectivity index (χ4n) is 2.02. The molecule has 1 aliphatic rings. The standard InChI is InChI=1S/C13H15N3O3/c1-9-3-2-4-11(12(9)16(17)18)19-8-13(15,7-14)10-5-6-10/h2-4,10H,5-6,8,15H2,1H3. The molecule has 6 heteroatoms. The van der Waals surface area contributed by atoms with Crippen LogP contribution < -0.4 is 10.5 Å². The van der Waals surface area contributed by atoms with Crippen LogP contribution in [0.15, 0.2) is 18.2 Å². The summed E-state index contributed by atoms with van der Waals surface area (Å²) in [5, 5.41) is 20.1. The van der Waals surface area contributed by atoms with E-state index in [2.05, 4.69) is 6.07 Å². The predicted molar refractivity (Wildman–Crippen MR) is 68.6 cm³/mol. The van der Waals surface area contributed by atoms with Gasteiger partial charge < -0.3 is 10.5 Å². The molecule has 0 aliphatic heterocycles. The molecule has 1 unspecified atom stereocenters. The van der Waals surface area contributed by atoms with Gasteiger partial charge in [-0.2, -0.15) is 5.26 Å². The number of rotatable bonds is 5. The molecule has 2 rings (SSSR count). The van der Waals surface area contributed by atoms with E-state index in [1.807, 2.05) is 0 Å². The second kappa shape index (κ2) is 4.86. The summed E-state index contributed by atoms with van der Waals surface area (Å²) in [6.07, 6.45) is 1.81. The van der Waals surface area contributed by atoms with E-state index in [-0.39, 0.29) is 24.0 Å². The van der Waals surface area contributed by atoms with E-state index in [1.54, 1.807) is 19.1 Å². The zero-order valence-corrected chi connectivity index (χ0v) is 10.6. The molecule has 0 heterocycles. The van der Waals surface area contributed by atoms with Crippen LogP contribution in [0.4, 0.5) is 5.69 Å². The third-order valence-corrected chi connectivity index (χ3v) is 3.36. The number of nitro groups is 1. The van der Waals surface area contributed by atoms with Crippen molar-refractivity contribution in [3.8, 4) is 11.8 Å². The van der Waals surface area contributed by atoms with E-state index >= 15 is 0 Å². The molecule has 6 nitrogen and oxygen atoms in total. The van der Waals surface area contributed by atoms with Gasteiger partial charge in [0.2, 0.25) is 0 Å². The summed E-state index contributed by atoms with van der Waals surface area (Å²) >= 11 is 0. The first kappa shape index (κ1) is 13.3. The highest BCUT2D eigenvalue weighted by Crippen LogP contribution is 2.39. The quantitative estimate of drug-likeness (QED) is 0.644. The highest BCUT2D eigenvalue weighted by molar-refractivity contribution is 5.52. The van der Waals surface area contributed by atoms with Crippen molar-refractivity contribution in [1.29, 1.82) is 5.26 Å². The summed E-state index contributed by atoms with van der Waals surface area (Å²) in [7, 11) is 0. The Hall–Kier alpha value is -2.13. The zero-order valence-electron chi connectivity index (χ0n) is 10.6. The number of para-hydroxylation sites is 1. The van der Waals surface area contributed by atoms with Crippen LogP contribution in [0.5, 0.6) is 5.75 Å². The minimum absolute atomic E-state index is 0.0293. The maximum absolute atomic E-state index is 11.0. The Morgan fingerprint density at radius 2 is 2.32 bits per heavy atom. The highest BCUT2D eigenvalue weighted by Gasteiger charge is 2.43. The largest absolute Gasteiger partial charge is 0.484 e. The zero-order chi connectivity index (χ0) is 14.0. The fraction of sp³-hybridized carbons (Fsp3) is 0.462. The normalized spacial score (nSPS) is 17.3. The van der Waals surface area contributed by atoms with E-state index in [9.17, 15) is 10.1 Å². The number of hydrogen-bond donors (Lipinski definition) is 1. The minimum atomic E-state index is -1.06. The molecule has 0 bridgehead atoms. The molecule has 0 saturated heterocycles. The number of nitrogens with two attached hydrogens (primary N) is 1. The van der Waals surface area contributed by atoms with Crippen molar-refractivity contribution in [2.24, 2.45) is 11.7 Å². The van der Waals surface area contributed by atoms with Crippen LogP contribution in [0.1, 0.15) is 18.4 Å². The van der Waals surface area contributed by atoms with Gasteiger partial charge in [0, 0.05) is 5.56 Å². The Morgan fingerprint density at radius 1 is 1.63 bits per heavy atom. The molecule has 0 spiro atoms.